The molecule has 0 unspecified atom stereocenters. The van der Waals surface area contributed by atoms with Crippen LogP contribution in [0, 0.1) is 3.14 Å². The molecule has 0 spiro atoms. The van der Waals surface area contributed by atoms with Crippen LogP contribution in [0.4, 0.5) is 0 Å². The molecule has 0 fully saturated rings. The lowest BCUT2D eigenvalue weighted by Gasteiger charge is -1.97. The minimum Gasteiger partial charge on any atom is -0.105 e. The summed E-state index contributed by atoms with van der Waals surface area (Å²) in [7, 11) is 0. The van der Waals surface area contributed by atoms with Crippen molar-refractivity contribution in [3.05, 3.63) is 22.4 Å². The fourth-order valence-corrected chi connectivity index (χ4v) is 9.73. The van der Waals surface area contributed by atoms with E-state index in [-0.39, 0.29) is 0 Å². The molecule has 0 radical (unpaired) electrons. The van der Waals surface area contributed by atoms with Gasteiger partial charge in [0.05, 0.1) is 16.9 Å². The van der Waals surface area contributed by atoms with Crippen LogP contribution in [0.15, 0.2) is 27.7 Å². The Morgan fingerprint density at radius 3 is 2.00 bits per heavy atom. The van der Waals surface area contributed by atoms with E-state index in [9.17, 15) is 0 Å². The van der Waals surface area contributed by atoms with Gasteiger partial charge in [0, 0.05) is 0 Å². The van der Waals surface area contributed by atoms with Crippen LogP contribution in [-0.4, -0.2) is 0 Å². The first-order valence-electron chi connectivity index (χ1n) is 3.55. The third-order valence-electron chi connectivity index (χ3n) is 1.46. The molecule has 14 heavy (non-hydrogen) atoms. The molecule has 1 aromatic rings. The van der Waals surface area contributed by atoms with Crippen LogP contribution in [0.1, 0.15) is 0 Å². The summed E-state index contributed by atoms with van der Waals surface area (Å²) in [5.41, 5.74) is 0. The molecule has 0 aliphatic carbocycles. The van der Waals surface area contributed by atoms with Crippen LogP contribution in [-0.2, 0) is 0 Å². The van der Waals surface area contributed by atoms with E-state index in [0.29, 0.717) is 0 Å². The maximum Gasteiger partial charge on any atom is 0.145 e. The van der Waals surface area contributed by atoms with E-state index in [1.807, 2.05) is 47.0 Å². The molecule has 1 aromatic heterocycles. The van der Waals surface area contributed by atoms with Gasteiger partial charge in [0.15, 0.2) is 0 Å². The number of rotatable bonds is 0. The molecule has 0 saturated carbocycles. The zero-order valence-electron chi connectivity index (χ0n) is 6.51. The van der Waals surface area contributed by atoms with Crippen molar-refractivity contribution in [1.29, 1.82) is 0 Å². The van der Waals surface area contributed by atoms with Crippen LogP contribution in [0.2, 0.25) is 0 Å². The highest BCUT2D eigenvalue weighted by Gasteiger charge is 2.24. The molecule has 0 saturated heterocycles. The van der Waals surface area contributed by atoms with Crippen molar-refractivity contribution in [3.8, 4) is 0 Å². The quantitative estimate of drug-likeness (QED) is 0.552. The van der Waals surface area contributed by atoms with Gasteiger partial charge in [-0.2, -0.15) is 0 Å². The SMILES string of the molecule is S=c1sc2c(s1)SC(=C1SC=CS1)S2. The van der Waals surface area contributed by atoms with Gasteiger partial charge in [-0.3, -0.25) is 0 Å². The Bertz CT molecular complexity index is 450. The first-order valence-corrected chi connectivity index (χ1v) is 8.98. The van der Waals surface area contributed by atoms with Gasteiger partial charge in [-0.25, -0.2) is 0 Å². The molecule has 0 bridgehead atoms. The van der Waals surface area contributed by atoms with E-state index >= 15 is 0 Å². The number of hydrogen-bond acceptors (Lipinski definition) is 7. The highest BCUT2D eigenvalue weighted by atomic mass is 32.2. The van der Waals surface area contributed by atoms with Gasteiger partial charge in [0.25, 0.3) is 0 Å². The lowest BCUT2D eigenvalue weighted by Crippen LogP contribution is -1.63. The molecule has 72 valence electrons. The summed E-state index contributed by atoms with van der Waals surface area (Å²) >= 11 is 16.0. The third-order valence-corrected chi connectivity index (χ3v) is 9.80. The lowest BCUT2D eigenvalue weighted by atomic mass is 11.1. The first kappa shape index (κ1) is 10.3. The molecule has 0 atom stereocenters. The van der Waals surface area contributed by atoms with Gasteiger partial charge >= 0.3 is 0 Å². The number of hydrogen-bond donors (Lipinski definition) is 0. The van der Waals surface area contributed by atoms with E-state index in [1.165, 1.54) is 16.9 Å². The third kappa shape index (κ3) is 1.88. The topological polar surface area (TPSA) is 0 Å². The molecule has 2 aliphatic heterocycles. The lowest BCUT2D eigenvalue weighted by molar-refractivity contribution is 1.56. The van der Waals surface area contributed by atoms with E-state index in [1.54, 1.807) is 22.7 Å². The Labute approximate surface area is 112 Å². The van der Waals surface area contributed by atoms with Gasteiger partial charge in [0.2, 0.25) is 0 Å². The molecular formula is C7H2S7. The van der Waals surface area contributed by atoms with Crippen molar-refractivity contribution < 1.29 is 0 Å². The van der Waals surface area contributed by atoms with Crippen LogP contribution < -0.4 is 0 Å². The predicted octanol–water partition coefficient (Wildman–Crippen LogP) is 5.81. The summed E-state index contributed by atoms with van der Waals surface area (Å²) in [6, 6.07) is 0. The molecule has 7 heteroatoms. The van der Waals surface area contributed by atoms with Gasteiger partial charge in [0.1, 0.15) is 3.14 Å². The maximum atomic E-state index is 5.17. The molecule has 3 rings (SSSR count). The van der Waals surface area contributed by atoms with Gasteiger partial charge in [-0.15, -0.1) is 22.7 Å². The number of thioether (sulfide) groups is 4. The maximum absolute atomic E-state index is 5.17. The molecular weight excluding hydrogens is 309 g/mol. The summed E-state index contributed by atoms with van der Waals surface area (Å²) in [4.78, 5) is 0. The smallest absolute Gasteiger partial charge is 0.105 e. The van der Waals surface area contributed by atoms with Crippen molar-refractivity contribution in [2.24, 2.45) is 0 Å². The highest BCUT2D eigenvalue weighted by molar-refractivity contribution is 8.32. The van der Waals surface area contributed by atoms with Crippen LogP contribution in [0.25, 0.3) is 0 Å². The molecule has 3 heterocycles. The van der Waals surface area contributed by atoms with Gasteiger partial charge in [-0.1, -0.05) is 59.3 Å². The zero-order chi connectivity index (χ0) is 9.54. The minimum absolute atomic E-state index is 1.05. The largest absolute Gasteiger partial charge is 0.145 e. The molecule has 0 nitrogen and oxygen atoms in total. The van der Waals surface area contributed by atoms with Crippen LogP contribution in [0.5, 0.6) is 0 Å². The van der Waals surface area contributed by atoms with Crippen molar-refractivity contribution in [3.63, 3.8) is 0 Å². The van der Waals surface area contributed by atoms with E-state index < -0.39 is 0 Å². The summed E-state index contributed by atoms with van der Waals surface area (Å²) in [6.07, 6.45) is 0. The van der Waals surface area contributed by atoms with Gasteiger partial charge in [-0.05, 0) is 10.8 Å². The summed E-state index contributed by atoms with van der Waals surface area (Å²) in [5.74, 6) is 0. The summed E-state index contributed by atoms with van der Waals surface area (Å²) in [6.45, 7) is 0. The zero-order valence-corrected chi connectivity index (χ0v) is 12.2. The molecule has 0 aromatic carbocycles. The minimum atomic E-state index is 1.05. The Balaban J connectivity index is 1.95. The standard InChI is InChI=1S/C7H2S7/c8-7-13-5-6(14-7)12-4(11-5)3-9-1-2-10-3/h1-2H. The van der Waals surface area contributed by atoms with E-state index in [0.717, 1.165) is 3.14 Å². The van der Waals surface area contributed by atoms with Crippen LogP contribution in [0.3, 0.4) is 0 Å². The normalized spacial score (nSPS) is 19.4. The average Bonchev–Trinajstić information content (AvgIpc) is 2.74. The Kier molecular flexibility index (Phi) is 3.09. The Morgan fingerprint density at radius 2 is 1.43 bits per heavy atom. The van der Waals surface area contributed by atoms with Gasteiger partial charge < -0.3 is 0 Å². The Hall–Kier alpha value is 1.15. The highest BCUT2D eigenvalue weighted by Crippen LogP contribution is 2.60. The Morgan fingerprint density at radius 1 is 0.857 bits per heavy atom. The molecule has 0 N–H and O–H groups in total. The molecule has 0 amide bonds. The second-order valence-corrected chi connectivity index (χ2v) is 10.4. The second kappa shape index (κ2) is 4.20. The fraction of sp³-hybridized carbons (Fsp3) is 0. The van der Waals surface area contributed by atoms with E-state index in [4.69, 9.17) is 12.2 Å². The average molecular weight is 311 g/mol. The molecule has 2 aliphatic rings. The van der Waals surface area contributed by atoms with Crippen LogP contribution >= 0.6 is 81.9 Å². The van der Waals surface area contributed by atoms with Crippen molar-refractivity contribution in [2.45, 2.75) is 8.42 Å². The van der Waals surface area contributed by atoms with Crippen molar-refractivity contribution in [2.75, 3.05) is 0 Å². The van der Waals surface area contributed by atoms with Crippen molar-refractivity contribution >= 4 is 81.9 Å². The summed E-state index contributed by atoms with van der Waals surface area (Å²) in [5, 5.41) is 4.28. The fourth-order valence-electron chi connectivity index (χ4n) is 0.956. The second-order valence-electron chi connectivity index (χ2n) is 2.32. The predicted molar refractivity (Wildman–Crippen MR) is 76.1 cm³/mol. The first-order chi connectivity index (χ1) is 6.83. The monoisotopic (exact) mass is 310 g/mol. The van der Waals surface area contributed by atoms with E-state index in [2.05, 4.69) is 10.8 Å². The number of fused-ring (bicyclic) bond motifs is 1. The van der Waals surface area contributed by atoms with Crippen molar-refractivity contribution in [1.82, 2.24) is 0 Å². The summed E-state index contributed by atoms with van der Waals surface area (Å²) < 4.78 is 6.67.